The molecular formula is C11H11BrN2OS2. The first-order valence-corrected chi connectivity index (χ1v) is 7.67. The fourth-order valence-corrected chi connectivity index (χ4v) is 3.63. The van der Waals surface area contributed by atoms with E-state index in [0.717, 1.165) is 32.1 Å². The average molecular weight is 331 g/mol. The number of hydrogen-bond donors (Lipinski definition) is 0. The molecule has 0 radical (unpaired) electrons. The van der Waals surface area contributed by atoms with Gasteiger partial charge in [-0.1, -0.05) is 17.8 Å². The van der Waals surface area contributed by atoms with Crippen LogP contribution in [0.25, 0.3) is 0 Å². The lowest BCUT2D eigenvalue weighted by Gasteiger charge is -1.97. The van der Waals surface area contributed by atoms with E-state index in [0.29, 0.717) is 6.42 Å². The summed E-state index contributed by atoms with van der Waals surface area (Å²) >= 11 is 6.19. The van der Waals surface area contributed by atoms with E-state index in [1.54, 1.807) is 11.3 Å². The summed E-state index contributed by atoms with van der Waals surface area (Å²) in [6, 6.07) is 3.94. The van der Waals surface area contributed by atoms with Crippen LogP contribution < -0.4 is 0 Å². The molecule has 3 nitrogen and oxygen atoms in total. The molecule has 6 heteroatoms. The van der Waals surface area contributed by atoms with Gasteiger partial charge in [0.15, 0.2) is 5.78 Å². The van der Waals surface area contributed by atoms with E-state index >= 15 is 0 Å². The Hall–Kier alpha value is -0.590. The molecule has 0 N–H and O–H groups in total. The zero-order valence-corrected chi connectivity index (χ0v) is 12.5. The molecule has 0 amide bonds. The molecule has 0 atom stereocenters. The van der Waals surface area contributed by atoms with Crippen LogP contribution in [-0.4, -0.2) is 15.4 Å². The van der Waals surface area contributed by atoms with Crippen molar-refractivity contribution < 1.29 is 4.79 Å². The fourth-order valence-electron chi connectivity index (χ4n) is 1.51. The first-order valence-electron chi connectivity index (χ1n) is 5.29. The van der Waals surface area contributed by atoms with E-state index < -0.39 is 0 Å². The Morgan fingerprint density at radius 3 is 2.94 bits per heavy atom. The first-order chi connectivity index (χ1) is 8.20. The minimum absolute atomic E-state index is 0.123. The van der Waals surface area contributed by atoms with Gasteiger partial charge in [0.2, 0.25) is 0 Å². The van der Waals surface area contributed by atoms with Gasteiger partial charge in [0, 0.05) is 11.3 Å². The van der Waals surface area contributed by atoms with E-state index in [4.69, 9.17) is 0 Å². The number of carbonyl (C=O) groups excluding carboxylic acids is 1. The lowest BCUT2D eigenvalue weighted by atomic mass is 10.1. The van der Waals surface area contributed by atoms with Crippen molar-refractivity contribution in [3.8, 4) is 0 Å². The number of ketones is 1. The predicted octanol–water partition coefficient (Wildman–Crippen LogP) is 3.74. The molecule has 2 rings (SSSR count). The van der Waals surface area contributed by atoms with Gasteiger partial charge in [-0.15, -0.1) is 16.4 Å². The van der Waals surface area contributed by atoms with Gasteiger partial charge < -0.3 is 0 Å². The summed E-state index contributed by atoms with van der Waals surface area (Å²) in [5.41, 5.74) is 0.845. The van der Waals surface area contributed by atoms with Gasteiger partial charge in [-0.05, 0) is 46.0 Å². The van der Waals surface area contributed by atoms with Crippen LogP contribution in [0.15, 0.2) is 15.9 Å². The van der Waals surface area contributed by atoms with Crippen molar-refractivity contribution in [2.45, 2.75) is 26.2 Å². The second kappa shape index (κ2) is 5.84. The van der Waals surface area contributed by atoms with Gasteiger partial charge in [-0.3, -0.25) is 4.79 Å². The van der Waals surface area contributed by atoms with Gasteiger partial charge in [0.25, 0.3) is 0 Å². The summed E-state index contributed by atoms with van der Waals surface area (Å²) in [5.74, 6) is 0.123. The Kier molecular flexibility index (Phi) is 4.42. The highest BCUT2D eigenvalue weighted by Crippen LogP contribution is 2.24. The van der Waals surface area contributed by atoms with Gasteiger partial charge in [0.1, 0.15) is 4.88 Å². The van der Waals surface area contributed by atoms with E-state index in [1.807, 2.05) is 12.1 Å². The molecule has 90 valence electrons. The molecule has 17 heavy (non-hydrogen) atoms. The molecule has 0 fully saturated rings. The maximum Gasteiger partial charge on any atom is 0.181 e. The lowest BCUT2D eigenvalue weighted by molar-refractivity contribution is 0.0996. The Labute approximate surface area is 116 Å². The third kappa shape index (κ3) is 3.20. The number of thiophene rings is 1. The summed E-state index contributed by atoms with van der Waals surface area (Å²) in [7, 11) is 0. The highest BCUT2D eigenvalue weighted by Gasteiger charge is 2.16. The smallest absolute Gasteiger partial charge is 0.181 e. The molecule has 2 aromatic rings. The van der Waals surface area contributed by atoms with Crippen LogP contribution >= 0.6 is 38.8 Å². The number of halogens is 1. The quantitative estimate of drug-likeness (QED) is 0.784. The Morgan fingerprint density at radius 2 is 2.29 bits per heavy atom. The molecule has 0 saturated heterocycles. The second-order valence-electron chi connectivity index (χ2n) is 3.60. The van der Waals surface area contributed by atoms with Crippen molar-refractivity contribution in [2.75, 3.05) is 0 Å². The molecule has 0 aliphatic heterocycles. The normalized spacial score (nSPS) is 10.7. The van der Waals surface area contributed by atoms with Gasteiger partial charge in [-0.2, -0.15) is 0 Å². The minimum atomic E-state index is 0.123. The van der Waals surface area contributed by atoms with Crippen LogP contribution in [0.1, 0.15) is 33.6 Å². The molecule has 0 aromatic carbocycles. The highest BCUT2D eigenvalue weighted by molar-refractivity contribution is 9.11. The topological polar surface area (TPSA) is 42.9 Å². The molecule has 0 bridgehead atoms. The fraction of sp³-hybridized carbons (Fsp3) is 0.364. The van der Waals surface area contributed by atoms with Crippen molar-refractivity contribution in [1.29, 1.82) is 0 Å². The van der Waals surface area contributed by atoms with Crippen molar-refractivity contribution >= 4 is 44.6 Å². The van der Waals surface area contributed by atoms with Crippen LogP contribution in [-0.2, 0) is 12.8 Å². The summed E-state index contributed by atoms with van der Waals surface area (Å²) < 4.78 is 4.93. The predicted molar refractivity (Wildman–Crippen MR) is 74.0 cm³/mol. The third-order valence-corrected chi connectivity index (χ3v) is 4.69. The van der Waals surface area contributed by atoms with Crippen LogP contribution in [0.5, 0.6) is 0 Å². The summed E-state index contributed by atoms with van der Waals surface area (Å²) in [5, 5.41) is 4.02. The maximum absolute atomic E-state index is 12.1. The largest absolute Gasteiger partial charge is 0.293 e. The van der Waals surface area contributed by atoms with Gasteiger partial charge in [0.05, 0.1) is 9.48 Å². The van der Waals surface area contributed by atoms with Crippen LogP contribution in [0, 0.1) is 0 Å². The Morgan fingerprint density at radius 1 is 1.47 bits per heavy atom. The number of aryl methyl sites for hydroxylation is 1. The molecule has 2 aromatic heterocycles. The third-order valence-electron chi connectivity index (χ3n) is 2.26. The first kappa shape index (κ1) is 12.9. The molecule has 0 aliphatic carbocycles. The highest BCUT2D eigenvalue weighted by atomic mass is 79.9. The molecule has 0 unspecified atom stereocenters. The number of hydrogen-bond acceptors (Lipinski definition) is 5. The zero-order valence-electron chi connectivity index (χ0n) is 9.27. The number of nitrogens with zero attached hydrogens (tertiary/aromatic N) is 2. The molecule has 2 heterocycles. The number of Topliss-reactive ketones (excluding diaryl/α,β-unsaturated/α-hetero) is 1. The van der Waals surface area contributed by atoms with Crippen LogP contribution in [0.3, 0.4) is 0 Å². The number of aromatic nitrogens is 2. The zero-order chi connectivity index (χ0) is 12.3. The van der Waals surface area contributed by atoms with E-state index in [1.165, 1.54) is 11.5 Å². The molecule has 0 saturated carbocycles. The van der Waals surface area contributed by atoms with Crippen molar-refractivity contribution in [3.05, 3.63) is 31.4 Å². The van der Waals surface area contributed by atoms with Gasteiger partial charge in [-0.25, -0.2) is 0 Å². The van der Waals surface area contributed by atoms with Crippen LogP contribution in [0.2, 0.25) is 0 Å². The summed E-state index contributed by atoms with van der Waals surface area (Å²) in [4.78, 5) is 13.9. The molecule has 0 aliphatic rings. The van der Waals surface area contributed by atoms with Crippen molar-refractivity contribution in [1.82, 2.24) is 9.59 Å². The number of carbonyl (C=O) groups is 1. The molecular weight excluding hydrogens is 320 g/mol. The summed E-state index contributed by atoms with van der Waals surface area (Å²) in [6.07, 6.45) is 2.25. The standard InChI is InChI=1S/C11H11BrN2OS2/c1-2-3-8-11(17-14-13-8)9(15)6-7-4-5-10(12)16-7/h4-5H,2-3,6H2,1H3. The second-order valence-corrected chi connectivity index (χ2v) is 6.91. The van der Waals surface area contributed by atoms with Crippen LogP contribution in [0.4, 0.5) is 0 Å². The Balaban J connectivity index is 2.11. The van der Waals surface area contributed by atoms with Crippen molar-refractivity contribution in [3.63, 3.8) is 0 Å². The Bertz CT molecular complexity index is 521. The van der Waals surface area contributed by atoms with Gasteiger partial charge >= 0.3 is 0 Å². The maximum atomic E-state index is 12.1. The van der Waals surface area contributed by atoms with Crippen molar-refractivity contribution in [2.24, 2.45) is 0 Å². The molecule has 0 spiro atoms. The average Bonchev–Trinajstić information content (AvgIpc) is 2.88. The number of rotatable bonds is 5. The van der Waals surface area contributed by atoms with E-state index in [-0.39, 0.29) is 5.78 Å². The lowest BCUT2D eigenvalue weighted by Crippen LogP contribution is -2.03. The van der Waals surface area contributed by atoms with E-state index in [9.17, 15) is 4.79 Å². The summed E-state index contributed by atoms with van der Waals surface area (Å²) in [6.45, 7) is 2.07. The SMILES string of the molecule is CCCc1nnsc1C(=O)Cc1ccc(Br)s1. The van der Waals surface area contributed by atoms with E-state index in [2.05, 4.69) is 32.4 Å². The monoisotopic (exact) mass is 330 g/mol. The minimum Gasteiger partial charge on any atom is -0.293 e.